The molecule has 5 heteroatoms. The van der Waals surface area contributed by atoms with Gasteiger partial charge in [-0.1, -0.05) is 12.1 Å². The predicted molar refractivity (Wildman–Crippen MR) is 68.6 cm³/mol. The van der Waals surface area contributed by atoms with Gasteiger partial charge in [-0.25, -0.2) is 9.37 Å². The van der Waals surface area contributed by atoms with Crippen molar-refractivity contribution in [2.24, 2.45) is 0 Å². The van der Waals surface area contributed by atoms with Gasteiger partial charge in [0.05, 0.1) is 0 Å². The quantitative estimate of drug-likeness (QED) is 0.662. The van der Waals surface area contributed by atoms with Crippen molar-refractivity contribution in [3.63, 3.8) is 0 Å². The largest absolute Gasteiger partial charge is 0.296 e. The molecule has 90 valence electrons. The van der Waals surface area contributed by atoms with Gasteiger partial charge in [0.25, 0.3) is 0 Å². The molecule has 0 saturated carbocycles. The number of hydrogen-bond acceptors (Lipinski definition) is 3. The maximum Gasteiger partial charge on any atom is 0.195 e. The standard InChI is InChI=1S/C13H9FN2OS/c1-8-7-18-13-15-12(11(6-17)16(8)13)9-4-2-3-5-10(9)14/h2-7H,1H3. The SMILES string of the molecule is Cc1csc2nc(-c3ccccc3F)c(C=O)n12. The summed E-state index contributed by atoms with van der Waals surface area (Å²) in [5.74, 6) is -0.371. The molecule has 0 aliphatic carbocycles. The molecule has 2 aromatic heterocycles. The fraction of sp³-hybridized carbons (Fsp3) is 0.0769. The van der Waals surface area contributed by atoms with Crippen molar-refractivity contribution in [3.05, 3.63) is 46.9 Å². The molecule has 1 aromatic carbocycles. The van der Waals surface area contributed by atoms with E-state index < -0.39 is 0 Å². The van der Waals surface area contributed by atoms with Crippen LogP contribution >= 0.6 is 11.3 Å². The molecule has 0 unspecified atom stereocenters. The minimum absolute atomic E-state index is 0.356. The van der Waals surface area contributed by atoms with Gasteiger partial charge in [-0.3, -0.25) is 9.20 Å². The molecule has 3 rings (SSSR count). The van der Waals surface area contributed by atoms with Crippen LogP contribution in [-0.4, -0.2) is 15.7 Å². The van der Waals surface area contributed by atoms with Crippen molar-refractivity contribution in [2.75, 3.05) is 0 Å². The number of halogens is 1. The maximum absolute atomic E-state index is 13.8. The summed E-state index contributed by atoms with van der Waals surface area (Å²) in [5, 5.41) is 1.92. The Morgan fingerprint density at radius 3 is 2.89 bits per heavy atom. The molecule has 0 spiro atoms. The lowest BCUT2D eigenvalue weighted by Gasteiger charge is -2.00. The molecule has 3 aromatic rings. The number of thiazole rings is 1. The fourth-order valence-electron chi connectivity index (χ4n) is 1.98. The Morgan fingerprint density at radius 2 is 2.17 bits per heavy atom. The third-order valence-corrected chi connectivity index (χ3v) is 3.75. The van der Waals surface area contributed by atoms with Gasteiger partial charge in [-0.2, -0.15) is 0 Å². The Labute approximate surface area is 107 Å². The summed E-state index contributed by atoms with van der Waals surface area (Å²) in [7, 11) is 0. The predicted octanol–water partition coefficient (Wildman–Crippen LogP) is 3.32. The first-order valence-corrected chi connectivity index (χ1v) is 6.27. The molecule has 0 aliphatic heterocycles. The van der Waals surface area contributed by atoms with E-state index >= 15 is 0 Å². The average molecular weight is 260 g/mol. The highest BCUT2D eigenvalue weighted by molar-refractivity contribution is 7.15. The molecule has 0 aliphatic rings. The van der Waals surface area contributed by atoms with E-state index in [1.807, 2.05) is 12.3 Å². The van der Waals surface area contributed by atoms with Crippen LogP contribution in [0.25, 0.3) is 16.2 Å². The minimum atomic E-state index is -0.371. The van der Waals surface area contributed by atoms with Crippen LogP contribution < -0.4 is 0 Å². The third-order valence-electron chi connectivity index (χ3n) is 2.81. The zero-order valence-corrected chi connectivity index (χ0v) is 10.4. The molecule has 0 atom stereocenters. The van der Waals surface area contributed by atoms with Crippen molar-refractivity contribution < 1.29 is 9.18 Å². The molecular weight excluding hydrogens is 251 g/mol. The molecule has 0 N–H and O–H groups in total. The molecular formula is C13H9FN2OS. The zero-order valence-electron chi connectivity index (χ0n) is 9.55. The number of nitrogens with zero attached hydrogens (tertiary/aromatic N) is 2. The lowest BCUT2D eigenvalue weighted by Crippen LogP contribution is -1.94. The highest BCUT2D eigenvalue weighted by Gasteiger charge is 2.18. The van der Waals surface area contributed by atoms with Crippen LogP contribution in [0.3, 0.4) is 0 Å². The number of imidazole rings is 1. The number of aldehydes is 1. The lowest BCUT2D eigenvalue weighted by molar-refractivity contribution is 0.111. The molecule has 3 nitrogen and oxygen atoms in total. The van der Waals surface area contributed by atoms with Gasteiger partial charge in [0, 0.05) is 16.6 Å². The molecule has 0 saturated heterocycles. The van der Waals surface area contributed by atoms with Crippen LogP contribution in [0.4, 0.5) is 4.39 Å². The van der Waals surface area contributed by atoms with E-state index in [9.17, 15) is 9.18 Å². The van der Waals surface area contributed by atoms with Crippen molar-refractivity contribution in [3.8, 4) is 11.3 Å². The molecule has 0 fully saturated rings. The number of aryl methyl sites for hydroxylation is 1. The number of fused-ring (bicyclic) bond motifs is 1. The summed E-state index contributed by atoms with van der Waals surface area (Å²) in [5.41, 5.74) is 2.08. The molecule has 0 amide bonds. The van der Waals surface area contributed by atoms with Gasteiger partial charge in [0.1, 0.15) is 17.2 Å². The first kappa shape index (κ1) is 11.1. The summed E-state index contributed by atoms with van der Waals surface area (Å²) < 4.78 is 15.5. The Bertz CT molecular complexity index is 745. The summed E-state index contributed by atoms with van der Waals surface area (Å²) in [6.07, 6.45) is 0.724. The third kappa shape index (κ3) is 1.48. The Kier molecular flexibility index (Phi) is 2.48. The number of benzene rings is 1. The second kappa shape index (κ2) is 4.03. The van der Waals surface area contributed by atoms with Crippen molar-refractivity contribution in [1.29, 1.82) is 0 Å². The fourth-order valence-corrected chi connectivity index (χ4v) is 2.86. The van der Waals surface area contributed by atoms with E-state index in [1.54, 1.807) is 22.6 Å². The van der Waals surface area contributed by atoms with Gasteiger partial charge >= 0.3 is 0 Å². The highest BCUT2D eigenvalue weighted by Crippen LogP contribution is 2.28. The van der Waals surface area contributed by atoms with Gasteiger partial charge in [0.2, 0.25) is 0 Å². The van der Waals surface area contributed by atoms with E-state index in [2.05, 4.69) is 4.98 Å². The number of rotatable bonds is 2. The van der Waals surface area contributed by atoms with Crippen LogP contribution in [0, 0.1) is 12.7 Å². The maximum atomic E-state index is 13.8. The molecule has 0 bridgehead atoms. The first-order valence-electron chi connectivity index (χ1n) is 5.39. The van der Waals surface area contributed by atoms with E-state index in [0.29, 0.717) is 21.9 Å². The highest BCUT2D eigenvalue weighted by atomic mass is 32.1. The summed E-state index contributed by atoms with van der Waals surface area (Å²) in [4.78, 5) is 16.3. The van der Waals surface area contributed by atoms with Crippen molar-refractivity contribution in [2.45, 2.75) is 6.92 Å². The average Bonchev–Trinajstić information content (AvgIpc) is 2.90. The zero-order chi connectivity index (χ0) is 12.7. The van der Waals surface area contributed by atoms with Crippen LogP contribution in [0.1, 0.15) is 16.2 Å². The Balaban J connectivity index is 2.36. The van der Waals surface area contributed by atoms with E-state index in [0.717, 1.165) is 12.0 Å². The van der Waals surface area contributed by atoms with Crippen LogP contribution in [0.15, 0.2) is 29.6 Å². The minimum Gasteiger partial charge on any atom is -0.296 e. The van der Waals surface area contributed by atoms with E-state index in [4.69, 9.17) is 0 Å². The second-order valence-electron chi connectivity index (χ2n) is 3.94. The smallest absolute Gasteiger partial charge is 0.195 e. The lowest BCUT2D eigenvalue weighted by atomic mass is 10.1. The number of hydrogen-bond donors (Lipinski definition) is 0. The first-order chi connectivity index (χ1) is 8.72. The van der Waals surface area contributed by atoms with Crippen LogP contribution in [0.2, 0.25) is 0 Å². The van der Waals surface area contributed by atoms with Crippen LogP contribution in [-0.2, 0) is 0 Å². The number of carbonyl (C=O) groups is 1. The van der Waals surface area contributed by atoms with Gasteiger partial charge in [-0.05, 0) is 19.1 Å². The van der Waals surface area contributed by atoms with Crippen LogP contribution in [0.5, 0.6) is 0 Å². The normalized spacial score (nSPS) is 11.0. The topological polar surface area (TPSA) is 34.4 Å². The van der Waals surface area contributed by atoms with Gasteiger partial charge in [-0.15, -0.1) is 11.3 Å². The second-order valence-corrected chi connectivity index (χ2v) is 4.77. The van der Waals surface area contributed by atoms with Gasteiger partial charge < -0.3 is 0 Å². The number of carbonyl (C=O) groups excluding carboxylic acids is 1. The molecule has 2 heterocycles. The Hall–Kier alpha value is -2.01. The van der Waals surface area contributed by atoms with Crippen molar-refractivity contribution >= 4 is 22.6 Å². The van der Waals surface area contributed by atoms with Gasteiger partial charge in [0.15, 0.2) is 11.2 Å². The monoisotopic (exact) mass is 260 g/mol. The Morgan fingerprint density at radius 1 is 1.39 bits per heavy atom. The van der Waals surface area contributed by atoms with Crippen molar-refractivity contribution in [1.82, 2.24) is 9.38 Å². The summed E-state index contributed by atoms with van der Waals surface area (Å²) >= 11 is 1.44. The van der Waals surface area contributed by atoms with E-state index in [1.165, 1.54) is 17.4 Å². The summed E-state index contributed by atoms with van der Waals surface area (Å²) in [6, 6.07) is 6.34. The molecule has 18 heavy (non-hydrogen) atoms. The van der Waals surface area contributed by atoms with E-state index in [-0.39, 0.29) is 5.82 Å². The molecule has 0 radical (unpaired) electrons. The summed E-state index contributed by atoms with van der Waals surface area (Å²) in [6.45, 7) is 1.89. The number of aromatic nitrogens is 2.